The zero-order valence-electron chi connectivity index (χ0n) is 34.0. The van der Waals surface area contributed by atoms with Gasteiger partial charge in [0.25, 0.3) is 0 Å². The standard InChI is InChI=1S/C60H41NO/c1-3-17-42(18-4-1)46-21-15-22-47(41-46)43-33-37-48(38-34-43)61(49-39-35-45(36-40-49)51-29-16-32-59-60(51)56-28-12-14-31-58(56)62-59)57-30-13-11-27-55(57)54-26-10-9-25-53(54)52-24-8-7-23-50(52)44-19-5-2-6-20-44/h1-41H. The molecule has 0 spiro atoms. The van der Waals surface area contributed by atoms with Gasteiger partial charge in [0.1, 0.15) is 11.2 Å². The molecule has 1 heterocycles. The molecule has 11 rings (SSSR count). The first-order valence-electron chi connectivity index (χ1n) is 21.2. The summed E-state index contributed by atoms with van der Waals surface area (Å²) in [5.41, 5.74) is 19.2. The molecule has 0 saturated carbocycles. The van der Waals surface area contributed by atoms with Gasteiger partial charge in [-0.1, -0.05) is 200 Å². The van der Waals surface area contributed by atoms with Gasteiger partial charge in [0.2, 0.25) is 0 Å². The third-order valence-corrected chi connectivity index (χ3v) is 11.9. The van der Waals surface area contributed by atoms with E-state index in [0.717, 1.165) is 55.7 Å². The van der Waals surface area contributed by atoms with Crippen LogP contribution in [0.2, 0.25) is 0 Å². The molecule has 1 aromatic heterocycles. The van der Waals surface area contributed by atoms with E-state index in [4.69, 9.17) is 4.42 Å². The van der Waals surface area contributed by atoms with Crippen LogP contribution in [0.3, 0.4) is 0 Å². The molecule has 292 valence electrons. The van der Waals surface area contributed by atoms with Crippen molar-refractivity contribution < 1.29 is 4.42 Å². The zero-order valence-corrected chi connectivity index (χ0v) is 34.0. The number of furan rings is 1. The topological polar surface area (TPSA) is 16.4 Å². The van der Waals surface area contributed by atoms with Gasteiger partial charge in [-0.15, -0.1) is 0 Å². The number of hydrogen-bond acceptors (Lipinski definition) is 2. The maximum atomic E-state index is 6.28. The lowest BCUT2D eigenvalue weighted by molar-refractivity contribution is 0.669. The van der Waals surface area contributed by atoms with Gasteiger partial charge < -0.3 is 9.32 Å². The highest BCUT2D eigenvalue weighted by molar-refractivity contribution is 6.12. The van der Waals surface area contributed by atoms with Gasteiger partial charge in [-0.25, -0.2) is 0 Å². The summed E-state index contributed by atoms with van der Waals surface area (Å²) in [7, 11) is 0. The van der Waals surface area contributed by atoms with Crippen LogP contribution in [-0.4, -0.2) is 0 Å². The number of nitrogens with zero attached hydrogens (tertiary/aromatic N) is 1. The van der Waals surface area contributed by atoms with Crippen LogP contribution < -0.4 is 4.90 Å². The molecule has 0 saturated heterocycles. The fourth-order valence-corrected chi connectivity index (χ4v) is 8.98. The Morgan fingerprint density at radius 2 is 0.677 bits per heavy atom. The second-order valence-corrected chi connectivity index (χ2v) is 15.6. The molecule has 0 N–H and O–H groups in total. The first kappa shape index (κ1) is 36.8. The van der Waals surface area contributed by atoms with Gasteiger partial charge in [-0.3, -0.25) is 0 Å². The summed E-state index contributed by atoms with van der Waals surface area (Å²) < 4.78 is 6.28. The van der Waals surface area contributed by atoms with Gasteiger partial charge in [0.15, 0.2) is 0 Å². The molecule has 0 fully saturated rings. The van der Waals surface area contributed by atoms with Gasteiger partial charge in [0, 0.05) is 27.7 Å². The normalized spacial score (nSPS) is 11.2. The number of anilines is 3. The first-order chi connectivity index (χ1) is 30.8. The molecule has 0 unspecified atom stereocenters. The summed E-state index contributed by atoms with van der Waals surface area (Å²) in [5, 5.41) is 2.26. The zero-order chi connectivity index (χ0) is 41.2. The van der Waals surface area contributed by atoms with E-state index in [1.54, 1.807) is 0 Å². The third kappa shape index (κ3) is 6.84. The van der Waals surface area contributed by atoms with Crippen molar-refractivity contribution in [3.63, 3.8) is 0 Å². The third-order valence-electron chi connectivity index (χ3n) is 11.9. The van der Waals surface area contributed by atoms with Crippen LogP contribution in [-0.2, 0) is 0 Å². The number of rotatable bonds is 9. The smallest absolute Gasteiger partial charge is 0.136 e. The molecule has 62 heavy (non-hydrogen) atoms. The molecule has 0 aliphatic rings. The first-order valence-corrected chi connectivity index (χ1v) is 21.2. The predicted molar refractivity (Wildman–Crippen MR) is 261 cm³/mol. The number of hydrogen-bond donors (Lipinski definition) is 0. The summed E-state index contributed by atoms with van der Waals surface area (Å²) in [6.07, 6.45) is 0. The number of para-hydroxylation sites is 2. The van der Waals surface area contributed by atoms with Crippen LogP contribution in [0.4, 0.5) is 17.1 Å². The van der Waals surface area contributed by atoms with E-state index >= 15 is 0 Å². The van der Waals surface area contributed by atoms with Gasteiger partial charge in [-0.2, -0.15) is 0 Å². The molecule has 0 bridgehead atoms. The summed E-state index contributed by atoms with van der Waals surface area (Å²) in [5.74, 6) is 0. The molecule has 0 aliphatic heterocycles. The van der Waals surface area contributed by atoms with Crippen molar-refractivity contribution in [1.82, 2.24) is 0 Å². The van der Waals surface area contributed by atoms with Crippen molar-refractivity contribution in [2.75, 3.05) is 4.90 Å². The quantitative estimate of drug-likeness (QED) is 0.145. The summed E-state index contributed by atoms with van der Waals surface area (Å²) in [6.45, 7) is 0. The lowest BCUT2D eigenvalue weighted by Gasteiger charge is -2.29. The van der Waals surface area contributed by atoms with E-state index in [-0.39, 0.29) is 0 Å². The summed E-state index contributed by atoms with van der Waals surface area (Å²) >= 11 is 0. The van der Waals surface area contributed by atoms with E-state index in [2.05, 4.69) is 241 Å². The second-order valence-electron chi connectivity index (χ2n) is 15.6. The number of fused-ring (bicyclic) bond motifs is 3. The average Bonchev–Trinajstić information content (AvgIpc) is 3.75. The minimum Gasteiger partial charge on any atom is -0.456 e. The minimum absolute atomic E-state index is 0.894. The lowest BCUT2D eigenvalue weighted by atomic mass is 9.88. The molecule has 10 aromatic carbocycles. The molecule has 0 amide bonds. The van der Waals surface area contributed by atoms with E-state index in [1.165, 1.54) is 50.1 Å². The highest BCUT2D eigenvalue weighted by Crippen LogP contribution is 2.46. The van der Waals surface area contributed by atoms with Crippen LogP contribution in [0, 0.1) is 0 Å². The Bertz CT molecular complexity index is 3330. The van der Waals surface area contributed by atoms with E-state index in [0.29, 0.717) is 0 Å². The Kier molecular flexibility index (Phi) is 9.57. The van der Waals surface area contributed by atoms with Crippen LogP contribution in [0.15, 0.2) is 253 Å². The Hall–Kier alpha value is -8.20. The van der Waals surface area contributed by atoms with Crippen molar-refractivity contribution in [3.8, 4) is 66.8 Å². The van der Waals surface area contributed by atoms with Crippen molar-refractivity contribution in [1.29, 1.82) is 0 Å². The van der Waals surface area contributed by atoms with E-state index in [1.807, 2.05) is 12.1 Å². The van der Waals surface area contributed by atoms with Crippen LogP contribution in [0.5, 0.6) is 0 Å². The molecular weight excluding hydrogens is 751 g/mol. The molecule has 2 heteroatoms. The molecule has 11 aromatic rings. The molecule has 0 aliphatic carbocycles. The predicted octanol–water partition coefficient (Wildman–Crippen LogP) is 17.1. The van der Waals surface area contributed by atoms with Crippen molar-refractivity contribution in [2.45, 2.75) is 0 Å². The maximum Gasteiger partial charge on any atom is 0.136 e. The van der Waals surface area contributed by atoms with Crippen LogP contribution in [0.25, 0.3) is 88.7 Å². The lowest BCUT2D eigenvalue weighted by Crippen LogP contribution is -2.11. The van der Waals surface area contributed by atoms with Crippen molar-refractivity contribution in [3.05, 3.63) is 249 Å². The molecule has 0 radical (unpaired) electrons. The average molecular weight is 792 g/mol. The molecule has 0 atom stereocenters. The van der Waals surface area contributed by atoms with E-state index < -0.39 is 0 Å². The second kappa shape index (κ2) is 16.1. The fourth-order valence-electron chi connectivity index (χ4n) is 8.98. The highest BCUT2D eigenvalue weighted by atomic mass is 16.3. The Morgan fingerprint density at radius 1 is 0.258 bits per heavy atom. The van der Waals surface area contributed by atoms with Gasteiger partial charge in [-0.05, 0) is 110 Å². The maximum absolute atomic E-state index is 6.28. The minimum atomic E-state index is 0.894. The van der Waals surface area contributed by atoms with Crippen molar-refractivity contribution >= 4 is 39.0 Å². The van der Waals surface area contributed by atoms with Crippen LogP contribution in [0.1, 0.15) is 0 Å². The van der Waals surface area contributed by atoms with Gasteiger partial charge in [0.05, 0.1) is 5.69 Å². The molecule has 2 nitrogen and oxygen atoms in total. The largest absolute Gasteiger partial charge is 0.456 e. The highest BCUT2D eigenvalue weighted by Gasteiger charge is 2.21. The van der Waals surface area contributed by atoms with E-state index in [9.17, 15) is 0 Å². The summed E-state index contributed by atoms with van der Waals surface area (Å²) in [4.78, 5) is 2.40. The van der Waals surface area contributed by atoms with Crippen molar-refractivity contribution in [2.24, 2.45) is 0 Å². The number of benzene rings is 10. The Morgan fingerprint density at radius 3 is 1.35 bits per heavy atom. The van der Waals surface area contributed by atoms with Crippen LogP contribution >= 0.6 is 0 Å². The monoisotopic (exact) mass is 791 g/mol. The Labute approximate surface area is 362 Å². The molecular formula is C60H41NO. The SMILES string of the molecule is c1ccc(-c2cccc(-c3ccc(N(c4ccc(-c5cccc6oc7ccccc7c56)cc4)c4ccccc4-c4ccccc4-c4ccccc4-c4ccccc4)cc3)c2)cc1. The van der Waals surface area contributed by atoms with Gasteiger partial charge >= 0.3 is 0 Å². The fraction of sp³-hybridized carbons (Fsp3) is 0. The summed E-state index contributed by atoms with van der Waals surface area (Å²) in [6, 6.07) is 89.1. The Balaban J connectivity index is 1.05.